The fraction of sp³-hybridized carbons (Fsp3) is 0.190. The van der Waals surface area contributed by atoms with E-state index in [0.717, 1.165) is 24.5 Å². The summed E-state index contributed by atoms with van der Waals surface area (Å²) in [7, 11) is 0. The number of carbonyl (C=O) groups excluding carboxylic acids is 1. The highest BCUT2D eigenvalue weighted by atomic mass is 35.5. The van der Waals surface area contributed by atoms with Gasteiger partial charge in [-0.05, 0) is 50.2 Å². The highest BCUT2D eigenvalue weighted by Crippen LogP contribution is 2.27. The number of anilines is 3. The van der Waals surface area contributed by atoms with Crippen molar-refractivity contribution in [3.05, 3.63) is 70.2 Å². The molecule has 3 aromatic rings. The van der Waals surface area contributed by atoms with Crippen LogP contribution in [0.3, 0.4) is 0 Å². The molecule has 0 aliphatic heterocycles. The van der Waals surface area contributed by atoms with Crippen molar-refractivity contribution in [3.8, 4) is 0 Å². The van der Waals surface area contributed by atoms with Crippen molar-refractivity contribution < 1.29 is 4.79 Å². The predicted molar refractivity (Wildman–Crippen MR) is 122 cm³/mol. The van der Waals surface area contributed by atoms with Crippen molar-refractivity contribution in [2.45, 2.75) is 13.8 Å². The number of nitrogens with zero attached hydrogens (tertiary/aromatic N) is 3. The van der Waals surface area contributed by atoms with Crippen LogP contribution in [0.5, 0.6) is 0 Å². The van der Waals surface area contributed by atoms with Gasteiger partial charge in [0.15, 0.2) is 10.3 Å². The van der Waals surface area contributed by atoms with Crippen LogP contribution in [0.25, 0.3) is 0 Å². The first-order valence-electron chi connectivity index (χ1n) is 9.27. The van der Waals surface area contributed by atoms with E-state index in [0.29, 0.717) is 20.7 Å². The number of hydrogen-bond donors (Lipinski definition) is 2. The maximum Gasteiger partial charge on any atom is 0.271 e. The summed E-state index contributed by atoms with van der Waals surface area (Å²) < 4.78 is 0. The largest absolute Gasteiger partial charge is 0.372 e. The predicted octanol–water partition coefficient (Wildman–Crippen LogP) is 5.15. The second-order valence-corrected chi connectivity index (χ2v) is 7.47. The van der Waals surface area contributed by atoms with E-state index < -0.39 is 0 Å². The third-order valence-electron chi connectivity index (χ3n) is 4.24. The normalized spacial score (nSPS) is 10.9. The molecule has 0 fully saturated rings. The molecule has 1 heterocycles. The van der Waals surface area contributed by atoms with Gasteiger partial charge in [0.2, 0.25) is 0 Å². The van der Waals surface area contributed by atoms with Crippen molar-refractivity contribution in [1.29, 1.82) is 0 Å². The Morgan fingerprint density at radius 1 is 1.14 bits per heavy atom. The lowest BCUT2D eigenvalue weighted by Gasteiger charge is -2.20. The first-order valence-corrected chi connectivity index (χ1v) is 10.5. The summed E-state index contributed by atoms with van der Waals surface area (Å²) in [6.45, 7) is 6.04. The van der Waals surface area contributed by atoms with Crippen molar-refractivity contribution in [1.82, 2.24) is 10.4 Å². The van der Waals surface area contributed by atoms with Crippen molar-refractivity contribution in [3.63, 3.8) is 0 Å². The molecule has 1 aromatic heterocycles. The van der Waals surface area contributed by atoms with Crippen molar-refractivity contribution >= 4 is 51.6 Å². The van der Waals surface area contributed by atoms with Crippen LogP contribution in [0.1, 0.15) is 29.1 Å². The average molecular weight is 428 g/mol. The molecule has 2 N–H and O–H groups in total. The SMILES string of the molecule is CCN(CC)c1ccc(C(=O)N/N=C/c2sc(Nc3ccccc3)nc2Cl)cc1. The van der Waals surface area contributed by atoms with Gasteiger partial charge < -0.3 is 10.2 Å². The van der Waals surface area contributed by atoms with Gasteiger partial charge >= 0.3 is 0 Å². The quantitative estimate of drug-likeness (QED) is 0.385. The summed E-state index contributed by atoms with van der Waals surface area (Å²) in [4.78, 5) is 19.4. The molecule has 0 aliphatic rings. The zero-order valence-corrected chi connectivity index (χ0v) is 17.8. The first kappa shape index (κ1) is 20.8. The standard InChI is InChI=1S/C21H22ClN5OS/c1-3-27(4-2)17-12-10-15(11-13-17)20(28)26-23-14-18-19(22)25-21(29-18)24-16-8-6-5-7-9-16/h5-14H,3-4H2,1-2H3,(H,24,25)(H,26,28)/b23-14+. The Hall–Kier alpha value is -2.90. The van der Waals surface area contributed by atoms with Crippen molar-refractivity contribution in [2.24, 2.45) is 5.10 Å². The van der Waals surface area contributed by atoms with Crippen LogP contribution in [-0.4, -0.2) is 30.2 Å². The van der Waals surface area contributed by atoms with Crippen LogP contribution in [0.15, 0.2) is 59.7 Å². The molecule has 150 valence electrons. The van der Waals surface area contributed by atoms with Crippen molar-refractivity contribution in [2.75, 3.05) is 23.3 Å². The Morgan fingerprint density at radius 3 is 2.48 bits per heavy atom. The highest BCUT2D eigenvalue weighted by Gasteiger charge is 2.09. The molecule has 0 aliphatic carbocycles. The number of hydrazone groups is 1. The summed E-state index contributed by atoms with van der Waals surface area (Å²) in [5.41, 5.74) is 5.08. The zero-order chi connectivity index (χ0) is 20.6. The monoisotopic (exact) mass is 427 g/mol. The van der Waals surface area contributed by atoms with Gasteiger partial charge in [0.25, 0.3) is 5.91 Å². The number of para-hydroxylation sites is 1. The third-order valence-corrected chi connectivity index (χ3v) is 5.55. The second kappa shape index (κ2) is 10.0. The Labute approximate surface area is 179 Å². The highest BCUT2D eigenvalue weighted by molar-refractivity contribution is 7.17. The molecule has 1 amide bonds. The van der Waals surface area contributed by atoms with Gasteiger partial charge in [0.1, 0.15) is 0 Å². The second-order valence-electron chi connectivity index (χ2n) is 6.08. The average Bonchev–Trinajstić information content (AvgIpc) is 3.09. The van der Waals surface area contributed by atoms with Crippen LogP contribution >= 0.6 is 22.9 Å². The molecular formula is C21H22ClN5OS. The van der Waals surface area contributed by atoms with E-state index in [4.69, 9.17) is 11.6 Å². The first-order chi connectivity index (χ1) is 14.1. The van der Waals surface area contributed by atoms with Gasteiger partial charge in [-0.15, -0.1) is 0 Å². The number of benzene rings is 2. The molecule has 0 spiro atoms. The zero-order valence-electron chi connectivity index (χ0n) is 16.2. The Morgan fingerprint density at radius 2 is 1.83 bits per heavy atom. The number of amides is 1. The van der Waals surface area contributed by atoms with Crippen LogP contribution in [0, 0.1) is 0 Å². The van der Waals surface area contributed by atoms with Gasteiger partial charge in [0.05, 0.1) is 11.1 Å². The number of nitrogens with one attached hydrogen (secondary N) is 2. The molecule has 0 unspecified atom stereocenters. The Balaban J connectivity index is 1.60. The van der Waals surface area contributed by atoms with E-state index in [1.807, 2.05) is 42.5 Å². The number of halogens is 1. The van der Waals surface area contributed by atoms with Gasteiger partial charge in [-0.1, -0.05) is 41.1 Å². The molecule has 0 saturated heterocycles. The Bertz CT molecular complexity index is 968. The minimum absolute atomic E-state index is 0.282. The number of rotatable bonds is 8. The van der Waals surface area contributed by atoms with Crippen LogP contribution in [0.4, 0.5) is 16.5 Å². The number of aromatic nitrogens is 1. The summed E-state index contributed by atoms with van der Waals surface area (Å²) in [6.07, 6.45) is 1.50. The summed E-state index contributed by atoms with van der Waals surface area (Å²) in [5.74, 6) is -0.282. The van der Waals surface area contributed by atoms with E-state index in [9.17, 15) is 4.79 Å². The Kier molecular flexibility index (Phi) is 7.21. The topological polar surface area (TPSA) is 69.6 Å². The molecular weight excluding hydrogens is 406 g/mol. The van der Waals surface area contributed by atoms with E-state index in [2.05, 4.69) is 39.6 Å². The van der Waals surface area contributed by atoms with E-state index in [-0.39, 0.29) is 5.91 Å². The summed E-state index contributed by atoms with van der Waals surface area (Å²) >= 11 is 7.52. The lowest BCUT2D eigenvalue weighted by Crippen LogP contribution is -2.22. The summed E-state index contributed by atoms with van der Waals surface area (Å²) in [5, 5.41) is 8.18. The van der Waals surface area contributed by atoms with Crippen LogP contribution in [0.2, 0.25) is 5.15 Å². The fourth-order valence-electron chi connectivity index (χ4n) is 2.72. The van der Waals surface area contributed by atoms with Gasteiger partial charge in [-0.2, -0.15) is 5.10 Å². The lowest BCUT2D eigenvalue weighted by molar-refractivity contribution is 0.0955. The third kappa shape index (κ3) is 5.56. The molecule has 0 saturated carbocycles. The van der Waals surface area contributed by atoms with Gasteiger partial charge in [-0.25, -0.2) is 10.4 Å². The molecule has 0 radical (unpaired) electrons. The minimum Gasteiger partial charge on any atom is -0.372 e. The fourth-order valence-corrected chi connectivity index (χ4v) is 3.77. The maximum atomic E-state index is 12.3. The molecule has 0 atom stereocenters. The molecule has 3 rings (SSSR count). The van der Waals surface area contributed by atoms with E-state index >= 15 is 0 Å². The van der Waals surface area contributed by atoms with Gasteiger partial charge in [0, 0.05) is 30.0 Å². The lowest BCUT2D eigenvalue weighted by atomic mass is 10.2. The summed E-state index contributed by atoms with van der Waals surface area (Å²) in [6, 6.07) is 17.1. The van der Waals surface area contributed by atoms with Crippen LogP contribution < -0.4 is 15.6 Å². The molecule has 2 aromatic carbocycles. The number of hydrogen-bond acceptors (Lipinski definition) is 6. The molecule has 29 heavy (non-hydrogen) atoms. The van der Waals surface area contributed by atoms with Gasteiger partial charge in [-0.3, -0.25) is 4.79 Å². The molecule has 6 nitrogen and oxygen atoms in total. The van der Waals surface area contributed by atoms with Crippen LogP contribution in [-0.2, 0) is 0 Å². The van der Waals surface area contributed by atoms with E-state index in [1.165, 1.54) is 17.6 Å². The molecule has 8 heteroatoms. The van der Waals surface area contributed by atoms with E-state index in [1.54, 1.807) is 12.1 Å². The smallest absolute Gasteiger partial charge is 0.271 e. The number of carbonyl (C=O) groups is 1. The molecule has 0 bridgehead atoms. The minimum atomic E-state index is -0.282. The maximum absolute atomic E-state index is 12.3. The number of thiazole rings is 1.